The molecule has 2 aromatic rings. The summed E-state index contributed by atoms with van der Waals surface area (Å²) in [4.78, 5) is 23.5. The fourth-order valence-electron chi connectivity index (χ4n) is 2.06. The second-order valence-electron chi connectivity index (χ2n) is 5.21. The van der Waals surface area contributed by atoms with Gasteiger partial charge in [0.15, 0.2) is 23.3 Å². The number of rotatable bonds is 5. The average Bonchev–Trinajstić information content (AvgIpc) is 2.63. The van der Waals surface area contributed by atoms with Crippen molar-refractivity contribution in [1.82, 2.24) is 5.32 Å². The van der Waals surface area contributed by atoms with Crippen LogP contribution in [0.2, 0.25) is 0 Å². The van der Waals surface area contributed by atoms with Crippen LogP contribution in [0.1, 0.15) is 21.5 Å². The van der Waals surface area contributed by atoms with Gasteiger partial charge < -0.3 is 10.1 Å². The maximum Gasteiger partial charge on any atom is 0.325 e. The number of benzene rings is 2. The van der Waals surface area contributed by atoms with E-state index in [0.717, 1.165) is 0 Å². The number of nitrogens with one attached hydrogen (secondary N) is 1. The highest BCUT2D eigenvalue weighted by Gasteiger charge is 2.26. The van der Waals surface area contributed by atoms with Gasteiger partial charge in [-0.15, -0.1) is 0 Å². The molecule has 0 radical (unpaired) electrons. The fraction of sp³-hybridized carbons (Fsp3) is 0.176. The highest BCUT2D eigenvalue weighted by molar-refractivity contribution is 5.97. The van der Waals surface area contributed by atoms with Gasteiger partial charge in [-0.25, -0.2) is 22.0 Å². The van der Waals surface area contributed by atoms with Gasteiger partial charge in [0.25, 0.3) is 5.91 Å². The molecule has 0 heterocycles. The van der Waals surface area contributed by atoms with Gasteiger partial charge in [-0.2, -0.15) is 0 Å². The highest BCUT2D eigenvalue weighted by Crippen LogP contribution is 2.23. The minimum Gasteiger partial charge on any atom is -0.459 e. The second kappa shape index (κ2) is 7.94. The number of ether oxygens (including phenoxy) is 1. The third-order valence-electron chi connectivity index (χ3n) is 3.46. The molecule has 0 fully saturated rings. The summed E-state index contributed by atoms with van der Waals surface area (Å²) in [6, 6.07) is 6.52. The number of hydrogen-bond acceptors (Lipinski definition) is 3. The predicted octanol–water partition coefficient (Wildman–Crippen LogP) is 3.16. The van der Waals surface area contributed by atoms with Crippen molar-refractivity contribution in [1.29, 1.82) is 0 Å². The molecule has 2 rings (SSSR count). The van der Waals surface area contributed by atoms with Crippen LogP contribution in [-0.2, 0) is 16.1 Å². The number of carbonyl (C=O) groups is 2. The Morgan fingerprint density at radius 2 is 1.46 bits per heavy atom. The van der Waals surface area contributed by atoms with Crippen LogP contribution in [-0.4, -0.2) is 18.4 Å². The lowest BCUT2D eigenvalue weighted by Gasteiger charge is -2.10. The van der Waals surface area contributed by atoms with Crippen molar-refractivity contribution in [3.63, 3.8) is 0 Å². The van der Waals surface area contributed by atoms with Crippen LogP contribution >= 0.6 is 0 Å². The lowest BCUT2D eigenvalue weighted by Crippen LogP contribution is -2.31. The minimum atomic E-state index is -2.31. The van der Waals surface area contributed by atoms with Gasteiger partial charge in [0.05, 0.1) is 5.56 Å². The topological polar surface area (TPSA) is 55.4 Å². The molecule has 2 aromatic carbocycles. The summed E-state index contributed by atoms with van der Waals surface area (Å²) < 4.78 is 70.4. The van der Waals surface area contributed by atoms with E-state index < -0.39 is 59.7 Å². The summed E-state index contributed by atoms with van der Waals surface area (Å²) in [6.07, 6.45) is 0. The molecule has 0 aromatic heterocycles. The van der Waals surface area contributed by atoms with E-state index in [1.807, 2.05) is 0 Å². The molecule has 1 N–H and O–H groups in total. The highest BCUT2D eigenvalue weighted by atomic mass is 19.2. The van der Waals surface area contributed by atoms with E-state index in [1.54, 1.807) is 25.1 Å². The maximum atomic E-state index is 13.5. The molecule has 26 heavy (non-hydrogen) atoms. The van der Waals surface area contributed by atoms with Crippen LogP contribution in [0.4, 0.5) is 22.0 Å². The third-order valence-corrected chi connectivity index (χ3v) is 3.46. The lowest BCUT2D eigenvalue weighted by atomic mass is 10.1. The summed E-state index contributed by atoms with van der Waals surface area (Å²) in [5.41, 5.74) is -0.320. The number of aryl methyl sites for hydroxylation is 1. The first-order valence-corrected chi connectivity index (χ1v) is 7.23. The van der Waals surface area contributed by atoms with E-state index in [2.05, 4.69) is 10.1 Å². The minimum absolute atomic E-state index is 0.306. The number of carbonyl (C=O) groups excluding carboxylic acids is 2. The Morgan fingerprint density at radius 3 is 2.04 bits per heavy atom. The number of esters is 1. The first-order chi connectivity index (χ1) is 12.2. The molecule has 0 unspecified atom stereocenters. The summed E-state index contributed by atoms with van der Waals surface area (Å²) in [5, 5.41) is 2.23. The van der Waals surface area contributed by atoms with Gasteiger partial charge in [0, 0.05) is 5.56 Å². The van der Waals surface area contributed by atoms with E-state index in [1.165, 1.54) is 6.07 Å². The molecule has 9 heteroatoms. The third kappa shape index (κ3) is 3.98. The van der Waals surface area contributed by atoms with Gasteiger partial charge in [-0.1, -0.05) is 18.2 Å². The molecule has 1 amide bonds. The van der Waals surface area contributed by atoms with Gasteiger partial charge in [-0.3, -0.25) is 9.59 Å². The van der Waals surface area contributed by atoms with Gasteiger partial charge in [0.2, 0.25) is 5.82 Å². The summed E-state index contributed by atoms with van der Waals surface area (Å²) >= 11 is 0. The Labute approximate surface area is 144 Å². The van der Waals surface area contributed by atoms with Crippen LogP contribution in [0.25, 0.3) is 0 Å². The van der Waals surface area contributed by atoms with Crippen LogP contribution in [0.3, 0.4) is 0 Å². The Hall–Kier alpha value is -2.97. The SMILES string of the molecule is Cc1ccccc1C(=O)NCC(=O)OCc1c(F)c(F)c(F)c(F)c1F. The smallest absolute Gasteiger partial charge is 0.325 e. The summed E-state index contributed by atoms with van der Waals surface area (Å²) in [7, 11) is 0. The fourth-order valence-corrected chi connectivity index (χ4v) is 2.06. The van der Waals surface area contributed by atoms with Gasteiger partial charge >= 0.3 is 5.97 Å². The zero-order valence-corrected chi connectivity index (χ0v) is 13.3. The first kappa shape index (κ1) is 19.4. The quantitative estimate of drug-likeness (QED) is 0.379. The van der Waals surface area contributed by atoms with Crippen LogP contribution in [0.15, 0.2) is 24.3 Å². The number of halogens is 5. The van der Waals surface area contributed by atoms with Crippen molar-refractivity contribution < 1.29 is 36.3 Å². The van der Waals surface area contributed by atoms with Crippen molar-refractivity contribution in [3.05, 3.63) is 70.0 Å². The zero-order chi connectivity index (χ0) is 19.4. The largest absolute Gasteiger partial charge is 0.459 e. The molecule has 0 bridgehead atoms. The molecule has 0 spiro atoms. The van der Waals surface area contributed by atoms with E-state index in [4.69, 9.17) is 0 Å². The Bertz CT molecular complexity index is 841. The van der Waals surface area contributed by atoms with Crippen molar-refractivity contribution in [2.75, 3.05) is 6.54 Å². The van der Waals surface area contributed by atoms with Crippen molar-refractivity contribution >= 4 is 11.9 Å². The average molecular weight is 373 g/mol. The summed E-state index contributed by atoms with van der Waals surface area (Å²) in [6.45, 7) is -0.149. The molecule has 0 aliphatic carbocycles. The molecule has 0 saturated heterocycles. The van der Waals surface area contributed by atoms with Crippen LogP contribution < -0.4 is 5.32 Å². The Kier molecular flexibility index (Phi) is 5.91. The first-order valence-electron chi connectivity index (χ1n) is 7.23. The molecule has 0 saturated carbocycles. The monoisotopic (exact) mass is 373 g/mol. The predicted molar refractivity (Wildman–Crippen MR) is 79.5 cm³/mol. The molecular weight excluding hydrogens is 361 g/mol. The van der Waals surface area contributed by atoms with Crippen LogP contribution in [0.5, 0.6) is 0 Å². The Balaban J connectivity index is 1.98. The molecule has 0 aliphatic heterocycles. The van der Waals surface area contributed by atoms with E-state index in [-0.39, 0.29) is 0 Å². The molecule has 0 aliphatic rings. The molecular formula is C17H12F5NO3. The maximum absolute atomic E-state index is 13.5. The molecule has 0 atom stereocenters. The van der Waals surface area contributed by atoms with Gasteiger partial charge in [-0.05, 0) is 18.6 Å². The van der Waals surface area contributed by atoms with Crippen molar-refractivity contribution in [2.24, 2.45) is 0 Å². The van der Waals surface area contributed by atoms with E-state index in [9.17, 15) is 31.5 Å². The zero-order valence-electron chi connectivity index (χ0n) is 13.3. The molecule has 4 nitrogen and oxygen atoms in total. The van der Waals surface area contributed by atoms with E-state index >= 15 is 0 Å². The second-order valence-corrected chi connectivity index (χ2v) is 5.21. The van der Waals surface area contributed by atoms with Crippen molar-refractivity contribution in [2.45, 2.75) is 13.5 Å². The normalized spacial score (nSPS) is 10.5. The van der Waals surface area contributed by atoms with Crippen molar-refractivity contribution in [3.8, 4) is 0 Å². The van der Waals surface area contributed by atoms with Gasteiger partial charge in [0.1, 0.15) is 13.2 Å². The number of hydrogen-bond donors (Lipinski definition) is 1. The van der Waals surface area contributed by atoms with E-state index in [0.29, 0.717) is 11.1 Å². The summed E-state index contributed by atoms with van der Waals surface area (Å²) in [5.74, 6) is -12.4. The Morgan fingerprint density at radius 1 is 0.923 bits per heavy atom. The van der Waals surface area contributed by atoms with Crippen LogP contribution in [0, 0.1) is 36.0 Å². The standard InChI is InChI=1S/C17H12F5NO3/c1-8-4-2-3-5-9(8)17(25)23-6-11(24)26-7-10-12(18)14(20)16(22)15(21)13(10)19/h2-5H,6-7H2,1H3,(H,23,25). The number of amides is 1. The molecule has 138 valence electrons. The lowest BCUT2D eigenvalue weighted by molar-refractivity contribution is -0.143.